The Labute approximate surface area is 197 Å². The van der Waals surface area contributed by atoms with Gasteiger partial charge in [0.05, 0.1) is 9.40 Å². The predicted octanol–water partition coefficient (Wildman–Crippen LogP) is 10.7. The van der Waals surface area contributed by atoms with Gasteiger partial charge >= 0.3 is 0 Å². The van der Waals surface area contributed by atoms with Crippen molar-refractivity contribution < 1.29 is 0 Å². The van der Waals surface area contributed by atoms with Gasteiger partial charge in [-0.1, -0.05) is 0 Å². The van der Waals surface area contributed by atoms with Gasteiger partial charge in [-0.15, -0.1) is 68.0 Å². The lowest BCUT2D eigenvalue weighted by Crippen LogP contribution is -1.80. The summed E-state index contributed by atoms with van der Waals surface area (Å²) in [5.74, 6) is 0. The van der Waals surface area contributed by atoms with E-state index in [4.69, 9.17) is 0 Å². The van der Waals surface area contributed by atoms with E-state index in [1.165, 1.54) is 79.0 Å². The van der Waals surface area contributed by atoms with Gasteiger partial charge in [-0.3, -0.25) is 0 Å². The molecule has 6 heterocycles. The number of fused-ring (bicyclic) bond motifs is 7. The molecule has 0 nitrogen and oxygen atoms in total. The maximum atomic E-state index is 2.44. The fourth-order valence-corrected chi connectivity index (χ4v) is 12.3. The molecule has 0 aliphatic carbocycles. The molecule has 7 rings (SSSR count). The topological polar surface area (TPSA) is 0 Å². The van der Waals surface area contributed by atoms with E-state index < -0.39 is 0 Å². The molecule has 7 aromatic rings. The minimum Gasteiger partial charge on any atom is -0.140 e. The van der Waals surface area contributed by atoms with Crippen LogP contribution in [0.15, 0.2) is 24.3 Å². The number of aryl methyl sites for hydroxylation is 4. The Morgan fingerprint density at radius 2 is 0.933 bits per heavy atom. The van der Waals surface area contributed by atoms with Crippen LogP contribution in [0.5, 0.6) is 0 Å². The van der Waals surface area contributed by atoms with Crippen LogP contribution in [-0.4, -0.2) is 0 Å². The van der Waals surface area contributed by atoms with Crippen LogP contribution in [0.4, 0.5) is 0 Å². The molecule has 0 amide bonds. The number of benzene rings is 1. The summed E-state index contributed by atoms with van der Waals surface area (Å²) in [5, 5.41) is 3.00. The van der Waals surface area contributed by atoms with E-state index in [0.717, 1.165) is 0 Å². The van der Waals surface area contributed by atoms with Gasteiger partial charge in [0.25, 0.3) is 0 Å². The molecule has 6 aromatic heterocycles. The fourth-order valence-electron chi connectivity index (χ4n) is 4.53. The van der Waals surface area contributed by atoms with Crippen LogP contribution in [0.1, 0.15) is 20.9 Å². The van der Waals surface area contributed by atoms with Gasteiger partial charge in [0, 0.05) is 58.5 Å². The Bertz CT molecular complexity index is 1750. The standard InChI is InChI=1S/C24H16S6/c1-9-5-13-14(25-9)7-15(27-13)16-8-18-24(28-16)20-12(4)21-19(11(3)22(20)30-18)23-17(29-21)6-10(2)26-23/h5-8H,1-4H3. The summed E-state index contributed by atoms with van der Waals surface area (Å²) in [4.78, 5) is 5.66. The van der Waals surface area contributed by atoms with Crippen LogP contribution in [0.3, 0.4) is 0 Å². The zero-order chi connectivity index (χ0) is 20.3. The Morgan fingerprint density at radius 1 is 0.433 bits per heavy atom. The minimum absolute atomic E-state index is 1.40. The molecular formula is C24H16S6. The Hall–Kier alpha value is -1.28. The Morgan fingerprint density at radius 3 is 1.63 bits per heavy atom. The first-order valence-corrected chi connectivity index (χ1v) is 14.7. The number of hydrogen-bond acceptors (Lipinski definition) is 6. The molecule has 0 fully saturated rings. The van der Waals surface area contributed by atoms with Crippen molar-refractivity contribution in [2.24, 2.45) is 0 Å². The summed E-state index contributed by atoms with van der Waals surface area (Å²) in [6.07, 6.45) is 0. The highest BCUT2D eigenvalue weighted by Gasteiger charge is 2.21. The van der Waals surface area contributed by atoms with Crippen molar-refractivity contribution in [1.82, 2.24) is 0 Å². The monoisotopic (exact) mass is 496 g/mol. The molecule has 148 valence electrons. The summed E-state index contributed by atoms with van der Waals surface area (Å²) in [6, 6.07) is 9.51. The molecule has 30 heavy (non-hydrogen) atoms. The fraction of sp³-hybridized carbons (Fsp3) is 0.167. The second kappa shape index (κ2) is 6.15. The smallest absolute Gasteiger partial charge is 0.0539 e. The summed E-state index contributed by atoms with van der Waals surface area (Å²) in [7, 11) is 0. The van der Waals surface area contributed by atoms with E-state index in [-0.39, 0.29) is 0 Å². The molecule has 0 bridgehead atoms. The lowest BCUT2D eigenvalue weighted by atomic mass is 10.0. The molecular weight excluding hydrogens is 481 g/mol. The molecule has 0 saturated carbocycles. The highest BCUT2D eigenvalue weighted by Crippen LogP contribution is 2.52. The number of thiophene rings is 6. The second-order valence-corrected chi connectivity index (χ2v) is 14.7. The van der Waals surface area contributed by atoms with Crippen molar-refractivity contribution in [1.29, 1.82) is 0 Å². The molecule has 0 aliphatic rings. The first kappa shape index (κ1) is 18.3. The second-order valence-electron chi connectivity index (χ2n) is 7.91. The van der Waals surface area contributed by atoms with Crippen molar-refractivity contribution in [3.05, 3.63) is 45.1 Å². The van der Waals surface area contributed by atoms with E-state index in [1.54, 1.807) is 0 Å². The average molecular weight is 497 g/mol. The van der Waals surface area contributed by atoms with Crippen molar-refractivity contribution in [3.63, 3.8) is 0 Å². The summed E-state index contributed by atoms with van der Waals surface area (Å²) < 4.78 is 11.7. The molecule has 0 aliphatic heterocycles. The lowest BCUT2D eigenvalue weighted by molar-refractivity contribution is 1.59. The van der Waals surface area contributed by atoms with Crippen molar-refractivity contribution in [2.45, 2.75) is 27.7 Å². The predicted molar refractivity (Wildman–Crippen MR) is 146 cm³/mol. The molecule has 6 heteroatoms. The molecule has 0 unspecified atom stereocenters. The molecule has 0 radical (unpaired) electrons. The number of hydrogen-bond donors (Lipinski definition) is 0. The Balaban J connectivity index is 1.52. The SMILES string of the molecule is Cc1cc2sc(-c3cc4sc5c(C)c6c(sc7cc(C)sc76)c(C)c5c4s3)cc2s1. The van der Waals surface area contributed by atoms with Gasteiger partial charge in [-0.25, -0.2) is 0 Å². The number of rotatable bonds is 1. The summed E-state index contributed by atoms with van der Waals surface area (Å²) in [5.41, 5.74) is 2.94. The third-order valence-corrected chi connectivity index (χ3v) is 13.3. The molecule has 0 spiro atoms. The molecule has 0 atom stereocenters. The summed E-state index contributed by atoms with van der Waals surface area (Å²) >= 11 is 11.8. The maximum Gasteiger partial charge on any atom is 0.0539 e. The highest BCUT2D eigenvalue weighted by molar-refractivity contribution is 7.37. The van der Waals surface area contributed by atoms with E-state index in [9.17, 15) is 0 Å². The van der Waals surface area contributed by atoms with Crippen LogP contribution in [-0.2, 0) is 0 Å². The van der Waals surface area contributed by atoms with E-state index >= 15 is 0 Å². The van der Waals surface area contributed by atoms with Crippen LogP contribution < -0.4 is 0 Å². The Kier molecular flexibility index (Phi) is 3.75. The van der Waals surface area contributed by atoms with E-state index in [0.29, 0.717) is 0 Å². The van der Waals surface area contributed by atoms with E-state index in [1.807, 2.05) is 68.0 Å². The zero-order valence-corrected chi connectivity index (χ0v) is 21.7. The van der Waals surface area contributed by atoms with Gasteiger partial charge in [-0.05, 0) is 63.1 Å². The molecule has 1 aromatic carbocycles. The van der Waals surface area contributed by atoms with Gasteiger partial charge in [0.1, 0.15) is 0 Å². The van der Waals surface area contributed by atoms with Gasteiger partial charge in [0.15, 0.2) is 0 Å². The van der Waals surface area contributed by atoms with Crippen LogP contribution >= 0.6 is 68.0 Å². The minimum atomic E-state index is 1.40. The average Bonchev–Trinajstić information content (AvgIpc) is 3.44. The van der Waals surface area contributed by atoms with Crippen LogP contribution in [0.2, 0.25) is 0 Å². The normalized spacial score (nSPS) is 12.7. The quantitative estimate of drug-likeness (QED) is 0.212. The maximum absolute atomic E-state index is 2.44. The van der Waals surface area contributed by atoms with Gasteiger partial charge in [-0.2, -0.15) is 0 Å². The summed E-state index contributed by atoms with van der Waals surface area (Å²) in [6.45, 7) is 9.10. The molecule has 0 N–H and O–H groups in total. The third-order valence-electron chi connectivity index (χ3n) is 5.86. The van der Waals surface area contributed by atoms with E-state index in [2.05, 4.69) is 52.0 Å². The van der Waals surface area contributed by atoms with Crippen molar-refractivity contribution in [2.75, 3.05) is 0 Å². The van der Waals surface area contributed by atoms with Crippen molar-refractivity contribution >= 4 is 116 Å². The first-order chi connectivity index (χ1) is 14.5. The van der Waals surface area contributed by atoms with Gasteiger partial charge in [0.2, 0.25) is 0 Å². The zero-order valence-electron chi connectivity index (χ0n) is 16.8. The molecule has 0 saturated heterocycles. The third kappa shape index (κ3) is 2.35. The first-order valence-electron chi connectivity index (χ1n) is 9.76. The largest absolute Gasteiger partial charge is 0.140 e. The van der Waals surface area contributed by atoms with Crippen molar-refractivity contribution in [3.8, 4) is 9.75 Å². The van der Waals surface area contributed by atoms with Crippen LogP contribution in [0, 0.1) is 27.7 Å². The van der Waals surface area contributed by atoms with Crippen LogP contribution in [0.25, 0.3) is 58.1 Å². The highest BCUT2D eigenvalue weighted by atomic mass is 32.1. The lowest BCUT2D eigenvalue weighted by Gasteiger charge is -2.05. The van der Waals surface area contributed by atoms with Gasteiger partial charge < -0.3 is 0 Å².